The summed E-state index contributed by atoms with van der Waals surface area (Å²) in [5.41, 5.74) is 1.37. The van der Waals surface area contributed by atoms with Crippen molar-refractivity contribution in [2.24, 2.45) is 0 Å². The minimum Gasteiger partial charge on any atom is -0.497 e. The number of amides is 2. The number of methoxy groups -OCH3 is 1. The first-order valence-corrected chi connectivity index (χ1v) is 11.9. The van der Waals surface area contributed by atoms with Gasteiger partial charge in [-0.15, -0.1) is 0 Å². The molecular weight excluding hydrogens is 452 g/mol. The Kier molecular flexibility index (Phi) is 8.10. The summed E-state index contributed by atoms with van der Waals surface area (Å²) in [7, 11) is 1.59. The van der Waals surface area contributed by atoms with Crippen LogP contribution in [0.3, 0.4) is 0 Å². The minimum atomic E-state index is -0.643. The lowest BCUT2D eigenvalue weighted by Gasteiger charge is -2.28. The van der Waals surface area contributed by atoms with Crippen molar-refractivity contribution in [2.45, 2.75) is 18.9 Å². The number of carbonyl (C=O) groups excluding carboxylic acids is 2. The molecule has 2 aromatic carbocycles. The molecule has 0 radical (unpaired) electrons. The predicted molar refractivity (Wildman–Crippen MR) is 135 cm³/mol. The van der Waals surface area contributed by atoms with Gasteiger partial charge in [0.1, 0.15) is 11.8 Å². The number of thiocarbonyl (C=S) groups is 1. The van der Waals surface area contributed by atoms with E-state index in [0.29, 0.717) is 28.8 Å². The number of anilines is 2. The highest BCUT2D eigenvalue weighted by atomic mass is 32.1. The Balaban J connectivity index is 1.45. The predicted octanol–water partition coefficient (Wildman–Crippen LogP) is 2.75. The van der Waals surface area contributed by atoms with Crippen molar-refractivity contribution in [3.8, 4) is 5.75 Å². The van der Waals surface area contributed by atoms with Gasteiger partial charge in [-0.1, -0.05) is 18.2 Å². The van der Waals surface area contributed by atoms with Gasteiger partial charge in [0.05, 0.1) is 32.4 Å². The lowest BCUT2D eigenvalue weighted by molar-refractivity contribution is -0.124. The van der Waals surface area contributed by atoms with Crippen LogP contribution in [-0.2, 0) is 14.3 Å². The Morgan fingerprint density at radius 3 is 2.47 bits per heavy atom. The van der Waals surface area contributed by atoms with E-state index in [9.17, 15) is 9.59 Å². The summed E-state index contributed by atoms with van der Waals surface area (Å²) in [6.45, 7) is 4.81. The molecule has 0 spiro atoms. The average molecular weight is 483 g/mol. The van der Waals surface area contributed by atoms with E-state index in [1.807, 2.05) is 35.2 Å². The van der Waals surface area contributed by atoms with Crippen LogP contribution >= 0.6 is 12.2 Å². The summed E-state index contributed by atoms with van der Waals surface area (Å²) < 4.78 is 10.6. The standard InChI is InChI=1S/C25H30N4O4S/c1-32-21-10-8-19(9-11-21)26-23(30)18-22-24(31)29(20-6-3-2-4-7-20)25(34)28(22)13-5-12-27-14-16-33-17-15-27/h2-4,6-11,22H,5,12-18H2,1H3,(H,26,30)/t22-/m1/s1. The first-order chi connectivity index (χ1) is 16.6. The molecule has 0 unspecified atom stereocenters. The highest BCUT2D eigenvalue weighted by Gasteiger charge is 2.43. The van der Waals surface area contributed by atoms with E-state index in [1.54, 1.807) is 36.3 Å². The van der Waals surface area contributed by atoms with Crippen molar-refractivity contribution in [1.82, 2.24) is 9.80 Å². The summed E-state index contributed by atoms with van der Waals surface area (Å²) in [5.74, 6) is 0.297. The molecule has 0 bridgehead atoms. The van der Waals surface area contributed by atoms with Crippen LogP contribution in [-0.4, -0.2) is 79.3 Å². The maximum Gasteiger partial charge on any atom is 0.256 e. The fourth-order valence-electron chi connectivity index (χ4n) is 4.25. The normalized spacial score (nSPS) is 18.9. The summed E-state index contributed by atoms with van der Waals surface area (Å²) in [6, 6.07) is 15.8. The second-order valence-electron chi connectivity index (χ2n) is 8.29. The molecule has 1 N–H and O–H groups in total. The van der Waals surface area contributed by atoms with E-state index in [-0.39, 0.29) is 18.2 Å². The van der Waals surface area contributed by atoms with Crippen molar-refractivity contribution in [3.05, 3.63) is 54.6 Å². The second-order valence-corrected chi connectivity index (χ2v) is 8.65. The number of benzene rings is 2. The van der Waals surface area contributed by atoms with E-state index < -0.39 is 6.04 Å². The number of rotatable bonds is 9. The molecular formula is C25H30N4O4S. The largest absolute Gasteiger partial charge is 0.497 e. The van der Waals surface area contributed by atoms with Gasteiger partial charge in [0.2, 0.25) is 5.91 Å². The van der Waals surface area contributed by atoms with Gasteiger partial charge in [-0.25, -0.2) is 0 Å². The topological polar surface area (TPSA) is 74.4 Å². The maximum atomic E-state index is 13.4. The molecule has 180 valence electrons. The van der Waals surface area contributed by atoms with E-state index in [1.165, 1.54) is 0 Å². The summed E-state index contributed by atoms with van der Waals surface area (Å²) in [5, 5.41) is 3.33. The quantitative estimate of drug-likeness (QED) is 0.551. The minimum absolute atomic E-state index is 0.0197. The number of carbonyl (C=O) groups is 2. The number of hydrogen-bond acceptors (Lipinski definition) is 6. The zero-order valence-corrected chi connectivity index (χ0v) is 20.1. The summed E-state index contributed by atoms with van der Waals surface area (Å²) in [4.78, 5) is 32.1. The third kappa shape index (κ3) is 5.72. The summed E-state index contributed by atoms with van der Waals surface area (Å²) >= 11 is 5.73. The number of para-hydroxylation sites is 1. The van der Waals surface area contributed by atoms with Crippen LogP contribution in [0.1, 0.15) is 12.8 Å². The van der Waals surface area contributed by atoms with Gasteiger partial charge in [0.15, 0.2) is 5.11 Å². The molecule has 9 heteroatoms. The molecule has 2 fully saturated rings. The van der Waals surface area contributed by atoms with Gasteiger partial charge in [-0.3, -0.25) is 19.4 Å². The van der Waals surface area contributed by atoms with Crippen LogP contribution in [0, 0.1) is 0 Å². The highest BCUT2D eigenvalue weighted by Crippen LogP contribution is 2.27. The Hall–Kier alpha value is -3.01. The first-order valence-electron chi connectivity index (χ1n) is 11.5. The smallest absolute Gasteiger partial charge is 0.256 e. The Labute approximate surface area is 205 Å². The first kappa shape index (κ1) is 24.1. The number of nitrogens with one attached hydrogen (secondary N) is 1. The molecule has 2 aliphatic rings. The van der Waals surface area contributed by atoms with Gasteiger partial charge in [0.25, 0.3) is 5.91 Å². The van der Waals surface area contributed by atoms with Crippen molar-refractivity contribution in [1.29, 1.82) is 0 Å². The Morgan fingerprint density at radius 1 is 1.09 bits per heavy atom. The SMILES string of the molecule is COc1ccc(NC(=O)C[C@@H]2C(=O)N(c3ccccc3)C(=S)N2CCCN2CCOCC2)cc1. The zero-order valence-electron chi connectivity index (χ0n) is 19.3. The Morgan fingerprint density at radius 2 is 1.79 bits per heavy atom. The van der Waals surface area contributed by atoms with Crippen molar-refractivity contribution in [3.63, 3.8) is 0 Å². The molecule has 2 amide bonds. The third-order valence-corrected chi connectivity index (χ3v) is 6.48. The second kappa shape index (κ2) is 11.4. The molecule has 2 aromatic rings. The fourth-order valence-corrected chi connectivity index (χ4v) is 4.67. The molecule has 0 aliphatic carbocycles. The number of ether oxygens (including phenoxy) is 2. The number of nitrogens with zero attached hydrogens (tertiary/aromatic N) is 3. The molecule has 0 aromatic heterocycles. The highest BCUT2D eigenvalue weighted by molar-refractivity contribution is 7.80. The van der Waals surface area contributed by atoms with Gasteiger partial charge < -0.3 is 19.7 Å². The van der Waals surface area contributed by atoms with Crippen molar-refractivity contribution >= 4 is 40.5 Å². The van der Waals surface area contributed by atoms with E-state index in [4.69, 9.17) is 21.7 Å². The van der Waals surface area contributed by atoms with Crippen LogP contribution in [0.15, 0.2) is 54.6 Å². The molecule has 1 atom stereocenters. The van der Waals surface area contributed by atoms with Gasteiger partial charge in [-0.05, 0) is 55.0 Å². The molecule has 8 nitrogen and oxygen atoms in total. The van der Waals surface area contributed by atoms with Gasteiger partial charge in [-0.2, -0.15) is 0 Å². The van der Waals surface area contributed by atoms with E-state index in [0.717, 1.165) is 39.3 Å². The summed E-state index contributed by atoms with van der Waals surface area (Å²) in [6.07, 6.45) is 0.860. The van der Waals surface area contributed by atoms with Crippen LogP contribution in [0.4, 0.5) is 11.4 Å². The molecule has 2 aliphatic heterocycles. The van der Waals surface area contributed by atoms with Crippen LogP contribution in [0.25, 0.3) is 0 Å². The van der Waals surface area contributed by atoms with Crippen molar-refractivity contribution in [2.75, 3.05) is 56.7 Å². The number of hydrogen-bond donors (Lipinski definition) is 1. The molecule has 0 saturated carbocycles. The van der Waals surface area contributed by atoms with Crippen LogP contribution < -0.4 is 15.0 Å². The van der Waals surface area contributed by atoms with Gasteiger partial charge >= 0.3 is 0 Å². The zero-order chi connectivity index (χ0) is 23.9. The lowest BCUT2D eigenvalue weighted by atomic mass is 10.1. The molecule has 2 saturated heterocycles. The van der Waals surface area contributed by atoms with Gasteiger partial charge in [0, 0.05) is 31.9 Å². The monoisotopic (exact) mass is 482 g/mol. The lowest BCUT2D eigenvalue weighted by Crippen LogP contribution is -2.41. The molecule has 4 rings (SSSR count). The van der Waals surface area contributed by atoms with Crippen LogP contribution in [0.5, 0.6) is 5.75 Å². The van der Waals surface area contributed by atoms with E-state index >= 15 is 0 Å². The molecule has 34 heavy (non-hydrogen) atoms. The number of morpholine rings is 1. The maximum absolute atomic E-state index is 13.4. The van der Waals surface area contributed by atoms with Crippen molar-refractivity contribution < 1.29 is 19.1 Å². The fraction of sp³-hybridized carbons (Fsp3) is 0.400. The average Bonchev–Trinajstić information content (AvgIpc) is 3.09. The third-order valence-electron chi connectivity index (χ3n) is 6.06. The Bertz CT molecular complexity index is 996. The molecule has 2 heterocycles. The van der Waals surface area contributed by atoms with E-state index in [2.05, 4.69) is 10.2 Å². The van der Waals surface area contributed by atoms with Crippen LogP contribution in [0.2, 0.25) is 0 Å².